The van der Waals surface area contributed by atoms with Crippen LogP contribution >= 0.6 is 0 Å². The molecule has 15 heavy (non-hydrogen) atoms. The van der Waals surface area contributed by atoms with Gasteiger partial charge in [-0.05, 0) is 6.42 Å². The molecule has 0 saturated heterocycles. The van der Waals surface area contributed by atoms with E-state index in [0.29, 0.717) is 0 Å². The number of carbonyl (C=O) groups is 1. The van der Waals surface area contributed by atoms with Crippen LogP contribution in [0.15, 0.2) is 0 Å². The molecular weight excluding hydrogens is 216 g/mol. The van der Waals surface area contributed by atoms with Gasteiger partial charge < -0.3 is 11.1 Å². The van der Waals surface area contributed by atoms with Crippen molar-refractivity contribution in [3.8, 4) is 0 Å². The Morgan fingerprint density at radius 3 is 2.53 bits per heavy atom. The summed E-state index contributed by atoms with van der Waals surface area (Å²) in [5.41, 5.74) is 5.66. The molecule has 0 bridgehead atoms. The van der Waals surface area contributed by atoms with Crippen molar-refractivity contribution in [2.75, 3.05) is 18.6 Å². The van der Waals surface area contributed by atoms with Gasteiger partial charge in [0.25, 0.3) is 0 Å². The molecule has 0 spiro atoms. The third kappa shape index (κ3) is 9.68. The Hall–Kier alpha value is -0.620. The Morgan fingerprint density at radius 1 is 1.47 bits per heavy atom. The maximum absolute atomic E-state index is 11.2. The molecule has 5 nitrogen and oxygen atoms in total. The molecule has 1 atom stereocenters. The second kappa shape index (κ2) is 6.79. The fourth-order valence-electron chi connectivity index (χ4n) is 1.16. The standard InChI is InChI=1S/C9H20N2O3S/c1-3-4-8(10)7-9(12)11-5-6-15(2,13)14/h8H,3-7,10H2,1-2H3,(H,11,12). The topological polar surface area (TPSA) is 89.3 Å². The smallest absolute Gasteiger partial charge is 0.221 e. The van der Waals surface area contributed by atoms with E-state index in [-0.39, 0.29) is 30.7 Å². The summed E-state index contributed by atoms with van der Waals surface area (Å²) in [6.07, 6.45) is 3.15. The van der Waals surface area contributed by atoms with Gasteiger partial charge in [-0.1, -0.05) is 13.3 Å². The summed E-state index contributed by atoms with van der Waals surface area (Å²) >= 11 is 0. The highest BCUT2D eigenvalue weighted by molar-refractivity contribution is 7.90. The van der Waals surface area contributed by atoms with Crippen molar-refractivity contribution >= 4 is 15.7 Å². The monoisotopic (exact) mass is 236 g/mol. The average Bonchev–Trinajstić information content (AvgIpc) is 2.01. The third-order valence-electron chi connectivity index (χ3n) is 1.90. The lowest BCUT2D eigenvalue weighted by Crippen LogP contribution is -2.34. The summed E-state index contributed by atoms with van der Waals surface area (Å²) in [5.74, 6) is -0.207. The van der Waals surface area contributed by atoms with E-state index in [4.69, 9.17) is 5.73 Å². The predicted molar refractivity (Wildman–Crippen MR) is 60.2 cm³/mol. The van der Waals surface area contributed by atoms with Gasteiger partial charge in [-0.15, -0.1) is 0 Å². The van der Waals surface area contributed by atoms with E-state index in [1.807, 2.05) is 6.92 Å². The van der Waals surface area contributed by atoms with Crippen molar-refractivity contribution in [3.63, 3.8) is 0 Å². The first-order valence-corrected chi connectivity index (χ1v) is 7.11. The summed E-state index contributed by atoms with van der Waals surface area (Å²) in [5, 5.41) is 2.53. The molecule has 3 N–H and O–H groups in total. The number of rotatable bonds is 7. The maximum Gasteiger partial charge on any atom is 0.221 e. The fourth-order valence-corrected chi connectivity index (χ4v) is 1.63. The minimum absolute atomic E-state index is 0.0260. The Balaban J connectivity index is 3.67. The molecule has 0 aromatic heterocycles. The van der Waals surface area contributed by atoms with E-state index in [2.05, 4.69) is 5.32 Å². The van der Waals surface area contributed by atoms with E-state index >= 15 is 0 Å². The molecule has 0 aliphatic carbocycles. The van der Waals surface area contributed by atoms with Crippen LogP contribution in [-0.4, -0.2) is 38.9 Å². The van der Waals surface area contributed by atoms with Crippen LogP contribution in [0.3, 0.4) is 0 Å². The normalized spacial score (nSPS) is 13.5. The van der Waals surface area contributed by atoms with Crippen LogP contribution in [0.5, 0.6) is 0 Å². The molecule has 0 rings (SSSR count). The first-order valence-electron chi connectivity index (χ1n) is 5.05. The molecule has 90 valence electrons. The first-order chi connectivity index (χ1) is 6.85. The number of carbonyl (C=O) groups excluding carboxylic acids is 1. The van der Waals surface area contributed by atoms with Crippen molar-refractivity contribution in [2.45, 2.75) is 32.2 Å². The van der Waals surface area contributed by atoms with E-state index in [9.17, 15) is 13.2 Å². The van der Waals surface area contributed by atoms with Gasteiger partial charge in [-0.2, -0.15) is 0 Å². The average molecular weight is 236 g/mol. The van der Waals surface area contributed by atoms with E-state index < -0.39 is 9.84 Å². The van der Waals surface area contributed by atoms with E-state index in [1.54, 1.807) is 0 Å². The zero-order valence-corrected chi connectivity index (χ0v) is 10.1. The Bertz CT molecular complexity index is 288. The molecular formula is C9H20N2O3S. The summed E-state index contributed by atoms with van der Waals surface area (Å²) in [7, 11) is -3.00. The molecule has 0 aromatic rings. The number of nitrogens with two attached hydrogens (primary N) is 1. The maximum atomic E-state index is 11.2. The SMILES string of the molecule is CCCC(N)CC(=O)NCCS(C)(=O)=O. The molecule has 0 aromatic carbocycles. The molecule has 0 fully saturated rings. The summed E-state index contributed by atoms with van der Waals surface area (Å²) in [6.45, 7) is 2.16. The van der Waals surface area contributed by atoms with Crippen LogP contribution in [0, 0.1) is 0 Å². The van der Waals surface area contributed by atoms with Gasteiger partial charge in [-0.3, -0.25) is 4.79 Å². The third-order valence-corrected chi connectivity index (χ3v) is 2.85. The highest BCUT2D eigenvalue weighted by Gasteiger charge is 2.09. The molecule has 1 unspecified atom stereocenters. The summed E-state index contributed by atoms with van der Waals surface area (Å²) in [6, 6.07) is -0.131. The van der Waals surface area contributed by atoms with Gasteiger partial charge >= 0.3 is 0 Å². The minimum Gasteiger partial charge on any atom is -0.355 e. The summed E-state index contributed by atoms with van der Waals surface area (Å²) < 4.78 is 21.5. The molecule has 0 radical (unpaired) electrons. The highest BCUT2D eigenvalue weighted by Crippen LogP contribution is 1.97. The lowest BCUT2D eigenvalue weighted by atomic mass is 10.1. The van der Waals surface area contributed by atoms with E-state index in [0.717, 1.165) is 19.1 Å². The van der Waals surface area contributed by atoms with Crippen LogP contribution in [0.25, 0.3) is 0 Å². The van der Waals surface area contributed by atoms with Crippen molar-refractivity contribution in [2.24, 2.45) is 5.73 Å². The minimum atomic E-state index is -3.00. The molecule has 6 heteroatoms. The van der Waals surface area contributed by atoms with Crippen molar-refractivity contribution in [3.05, 3.63) is 0 Å². The second-order valence-corrected chi connectivity index (χ2v) is 5.99. The predicted octanol–water partition coefficient (Wildman–Crippen LogP) is -0.335. The van der Waals surface area contributed by atoms with Gasteiger partial charge in [0.05, 0.1) is 5.75 Å². The van der Waals surface area contributed by atoms with Gasteiger partial charge in [0, 0.05) is 25.3 Å². The molecule has 0 saturated carbocycles. The van der Waals surface area contributed by atoms with Crippen molar-refractivity contribution < 1.29 is 13.2 Å². The Morgan fingerprint density at radius 2 is 2.07 bits per heavy atom. The lowest BCUT2D eigenvalue weighted by Gasteiger charge is -2.09. The largest absolute Gasteiger partial charge is 0.355 e. The number of hydrogen-bond acceptors (Lipinski definition) is 4. The van der Waals surface area contributed by atoms with Crippen molar-refractivity contribution in [1.82, 2.24) is 5.32 Å². The van der Waals surface area contributed by atoms with Crippen LogP contribution in [0.2, 0.25) is 0 Å². The van der Waals surface area contributed by atoms with Crippen LogP contribution in [0.1, 0.15) is 26.2 Å². The highest BCUT2D eigenvalue weighted by atomic mass is 32.2. The zero-order chi connectivity index (χ0) is 11.9. The van der Waals surface area contributed by atoms with Crippen LogP contribution in [0.4, 0.5) is 0 Å². The number of hydrogen-bond donors (Lipinski definition) is 2. The van der Waals surface area contributed by atoms with Crippen LogP contribution < -0.4 is 11.1 Å². The molecule has 0 heterocycles. The molecule has 1 amide bonds. The number of nitrogens with one attached hydrogen (secondary N) is 1. The molecule has 0 aliphatic heterocycles. The first kappa shape index (κ1) is 14.4. The number of amides is 1. The van der Waals surface area contributed by atoms with E-state index in [1.165, 1.54) is 0 Å². The fraction of sp³-hybridized carbons (Fsp3) is 0.889. The zero-order valence-electron chi connectivity index (χ0n) is 9.32. The second-order valence-electron chi connectivity index (χ2n) is 3.73. The molecule has 0 aliphatic rings. The summed E-state index contributed by atoms with van der Waals surface area (Å²) in [4.78, 5) is 11.2. The lowest BCUT2D eigenvalue weighted by molar-refractivity contribution is -0.121. The van der Waals surface area contributed by atoms with Crippen molar-refractivity contribution in [1.29, 1.82) is 0 Å². The van der Waals surface area contributed by atoms with Crippen LogP contribution in [-0.2, 0) is 14.6 Å². The quantitative estimate of drug-likeness (QED) is 0.633. The van der Waals surface area contributed by atoms with Gasteiger partial charge in [-0.25, -0.2) is 8.42 Å². The van der Waals surface area contributed by atoms with Gasteiger partial charge in [0.1, 0.15) is 9.84 Å². The number of sulfone groups is 1. The van der Waals surface area contributed by atoms with Gasteiger partial charge in [0.15, 0.2) is 0 Å². The van der Waals surface area contributed by atoms with Gasteiger partial charge in [0.2, 0.25) is 5.91 Å². The Labute approximate surface area is 91.3 Å². The Kier molecular flexibility index (Phi) is 6.51.